The van der Waals surface area contributed by atoms with E-state index in [1.54, 1.807) is 6.07 Å². The lowest BCUT2D eigenvalue weighted by Crippen LogP contribution is -2.39. The highest BCUT2D eigenvalue weighted by molar-refractivity contribution is 5.89. The van der Waals surface area contributed by atoms with Gasteiger partial charge in [0.25, 0.3) is 5.92 Å². The molecule has 0 saturated heterocycles. The van der Waals surface area contributed by atoms with Gasteiger partial charge in [0.2, 0.25) is 0 Å². The van der Waals surface area contributed by atoms with Gasteiger partial charge in [-0.1, -0.05) is 0 Å². The molecule has 158 valence electrons. The Labute approximate surface area is 170 Å². The van der Waals surface area contributed by atoms with Crippen molar-refractivity contribution in [1.82, 2.24) is 14.7 Å². The Morgan fingerprint density at radius 1 is 1.37 bits per heavy atom. The van der Waals surface area contributed by atoms with Crippen LogP contribution in [-0.4, -0.2) is 33.9 Å². The van der Waals surface area contributed by atoms with Crippen molar-refractivity contribution in [2.75, 3.05) is 18.5 Å². The molecule has 2 amide bonds. The van der Waals surface area contributed by atoms with E-state index < -0.39 is 36.8 Å². The second-order valence-corrected chi connectivity index (χ2v) is 7.62. The van der Waals surface area contributed by atoms with Gasteiger partial charge >= 0.3 is 6.03 Å². The van der Waals surface area contributed by atoms with Gasteiger partial charge in [-0.2, -0.15) is 19.1 Å². The van der Waals surface area contributed by atoms with Gasteiger partial charge in [0.1, 0.15) is 17.6 Å². The standard InChI is InChI=1S/C20H19F4N5O/c21-9-12-3-6-29-18(20(23,24)8-12)15-11-28(5-4-17(15)27-29)19(30)26-14-1-2-16(22)13(7-14)10-25/h1-2,7,12H,3-6,8-9,11H2,(H,26,30). The molecule has 2 aliphatic rings. The summed E-state index contributed by atoms with van der Waals surface area (Å²) in [6.45, 7) is -0.371. The first-order chi connectivity index (χ1) is 14.3. The van der Waals surface area contributed by atoms with Crippen LogP contribution in [0.5, 0.6) is 0 Å². The van der Waals surface area contributed by atoms with E-state index in [2.05, 4.69) is 10.4 Å². The van der Waals surface area contributed by atoms with Crippen molar-refractivity contribution >= 4 is 11.7 Å². The monoisotopic (exact) mass is 421 g/mol. The van der Waals surface area contributed by atoms with Crippen LogP contribution >= 0.6 is 0 Å². The Morgan fingerprint density at radius 2 is 2.17 bits per heavy atom. The number of hydrogen-bond donors (Lipinski definition) is 1. The van der Waals surface area contributed by atoms with Crippen molar-refractivity contribution in [3.05, 3.63) is 46.5 Å². The van der Waals surface area contributed by atoms with Crippen LogP contribution in [-0.2, 0) is 25.4 Å². The number of amides is 2. The minimum atomic E-state index is -3.23. The maximum atomic E-state index is 14.9. The summed E-state index contributed by atoms with van der Waals surface area (Å²) in [5.74, 6) is -4.66. The Kier molecular flexibility index (Phi) is 5.13. The molecule has 10 heteroatoms. The van der Waals surface area contributed by atoms with Crippen molar-refractivity contribution < 1.29 is 22.4 Å². The molecule has 2 aromatic rings. The van der Waals surface area contributed by atoms with Gasteiger partial charge in [-0.15, -0.1) is 0 Å². The van der Waals surface area contributed by atoms with Gasteiger partial charge in [0.15, 0.2) is 0 Å². The molecule has 1 aromatic heterocycles. The number of rotatable bonds is 2. The van der Waals surface area contributed by atoms with E-state index in [9.17, 15) is 22.4 Å². The van der Waals surface area contributed by atoms with Gasteiger partial charge in [0.05, 0.1) is 24.5 Å². The van der Waals surface area contributed by atoms with E-state index in [1.807, 2.05) is 0 Å². The fourth-order valence-corrected chi connectivity index (χ4v) is 4.06. The summed E-state index contributed by atoms with van der Waals surface area (Å²) in [6, 6.07) is 4.75. The van der Waals surface area contributed by atoms with Crippen LogP contribution in [0.15, 0.2) is 18.2 Å². The quantitative estimate of drug-likeness (QED) is 0.746. The molecular weight excluding hydrogens is 402 g/mol. The molecule has 6 nitrogen and oxygen atoms in total. The number of aryl methyl sites for hydroxylation is 1. The number of carbonyl (C=O) groups excluding carboxylic acids is 1. The van der Waals surface area contributed by atoms with Crippen LogP contribution in [0.3, 0.4) is 0 Å². The summed E-state index contributed by atoms with van der Waals surface area (Å²) in [4.78, 5) is 14.0. The van der Waals surface area contributed by atoms with E-state index in [1.165, 1.54) is 21.7 Å². The molecule has 2 aliphatic heterocycles. The summed E-state index contributed by atoms with van der Waals surface area (Å²) in [7, 11) is 0. The maximum absolute atomic E-state index is 14.9. The minimum Gasteiger partial charge on any atom is -0.320 e. The zero-order valence-corrected chi connectivity index (χ0v) is 16.0. The summed E-state index contributed by atoms with van der Waals surface area (Å²) in [5.41, 5.74) is 0.615. The van der Waals surface area contributed by atoms with Crippen LogP contribution in [0, 0.1) is 23.1 Å². The minimum absolute atomic E-state index is 0.0569. The summed E-state index contributed by atoms with van der Waals surface area (Å²) in [5, 5.41) is 15.8. The summed E-state index contributed by atoms with van der Waals surface area (Å²) in [6.07, 6.45) is 0.0220. The van der Waals surface area contributed by atoms with Crippen LogP contribution < -0.4 is 5.32 Å². The molecule has 1 aromatic carbocycles. The number of anilines is 1. The number of aromatic nitrogens is 2. The van der Waals surface area contributed by atoms with Crippen molar-refractivity contribution in [2.24, 2.45) is 5.92 Å². The second kappa shape index (κ2) is 7.63. The van der Waals surface area contributed by atoms with E-state index in [4.69, 9.17) is 5.26 Å². The van der Waals surface area contributed by atoms with Gasteiger partial charge in [-0.3, -0.25) is 9.07 Å². The number of carbonyl (C=O) groups is 1. The van der Waals surface area contributed by atoms with Gasteiger partial charge < -0.3 is 10.2 Å². The molecular formula is C20H19F4N5O. The smallest absolute Gasteiger partial charge is 0.320 e. The first-order valence-corrected chi connectivity index (χ1v) is 9.60. The molecule has 1 N–H and O–H groups in total. The molecule has 4 rings (SSSR count). The molecule has 0 bridgehead atoms. The van der Waals surface area contributed by atoms with E-state index in [0.717, 1.165) is 6.07 Å². The number of nitrogens with one attached hydrogen (secondary N) is 1. The zero-order valence-electron chi connectivity index (χ0n) is 16.0. The largest absolute Gasteiger partial charge is 0.322 e. The first-order valence-electron chi connectivity index (χ1n) is 9.60. The third kappa shape index (κ3) is 3.60. The van der Waals surface area contributed by atoms with Crippen LogP contribution in [0.4, 0.5) is 28.0 Å². The third-order valence-corrected chi connectivity index (χ3v) is 5.59. The Hall–Kier alpha value is -3.09. The topological polar surface area (TPSA) is 74.0 Å². The third-order valence-electron chi connectivity index (χ3n) is 5.59. The average Bonchev–Trinajstić information content (AvgIpc) is 3.04. The zero-order chi connectivity index (χ0) is 21.5. The van der Waals surface area contributed by atoms with Gasteiger partial charge in [-0.05, 0) is 30.5 Å². The molecule has 0 fully saturated rings. The van der Waals surface area contributed by atoms with E-state index >= 15 is 0 Å². The average molecular weight is 421 g/mol. The Bertz CT molecular complexity index is 1030. The lowest BCUT2D eigenvalue weighted by Gasteiger charge is -2.28. The molecule has 30 heavy (non-hydrogen) atoms. The van der Waals surface area contributed by atoms with Crippen molar-refractivity contribution in [1.29, 1.82) is 5.26 Å². The Morgan fingerprint density at radius 3 is 2.90 bits per heavy atom. The summed E-state index contributed by atoms with van der Waals surface area (Å²) >= 11 is 0. The number of hydrogen-bond acceptors (Lipinski definition) is 3. The lowest BCUT2D eigenvalue weighted by atomic mass is 9.95. The van der Waals surface area contributed by atoms with E-state index in [0.29, 0.717) is 17.7 Å². The molecule has 3 heterocycles. The predicted molar refractivity (Wildman–Crippen MR) is 99.1 cm³/mol. The molecule has 0 spiro atoms. The number of nitriles is 1. The predicted octanol–water partition coefficient (Wildman–Crippen LogP) is 3.96. The van der Waals surface area contributed by atoms with Crippen LogP contribution in [0.25, 0.3) is 0 Å². The molecule has 1 atom stereocenters. The second-order valence-electron chi connectivity index (χ2n) is 7.62. The SMILES string of the molecule is N#Cc1cc(NC(=O)N2CCc3nn4c(c3C2)C(F)(F)CC(CF)CC4)ccc1F. The number of nitrogens with zero attached hydrogens (tertiary/aromatic N) is 4. The number of benzene rings is 1. The number of alkyl halides is 3. The molecule has 0 saturated carbocycles. The van der Waals surface area contributed by atoms with Crippen molar-refractivity contribution in [2.45, 2.75) is 38.3 Å². The van der Waals surface area contributed by atoms with Crippen molar-refractivity contribution in [3.63, 3.8) is 0 Å². The molecule has 0 radical (unpaired) electrons. The number of halogens is 4. The molecule has 1 unspecified atom stereocenters. The summed E-state index contributed by atoms with van der Waals surface area (Å²) < 4.78 is 57.6. The number of urea groups is 1. The normalized spacial score (nSPS) is 20.0. The number of fused-ring (bicyclic) bond motifs is 3. The lowest BCUT2D eigenvalue weighted by molar-refractivity contribution is -0.0348. The van der Waals surface area contributed by atoms with Crippen molar-refractivity contribution in [3.8, 4) is 6.07 Å². The maximum Gasteiger partial charge on any atom is 0.322 e. The highest BCUT2D eigenvalue weighted by Crippen LogP contribution is 2.42. The highest BCUT2D eigenvalue weighted by Gasteiger charge is 2.44. The van der Waals surface area contributed by atoms with Gasteiger partial charge in [-0.25, -0.2) is 9.18 Å². The van der Waals surface area contributed by atoms with Crippen LogP contribution in [0.1, 0.15) is 35.4 Å². The van der Waals surface area contributed by atoms with Gasteiger partial charge in [0, 0.05) is 37.2 Å². The fraction of sp³-hybridized carbons (Fsp3) is 0.450. The fourth-order valence-electron chi connectivity index (χ4n) is 4.06. The molecule has 0 aliphatic carbocycles. The van der Waals surface area contributed by atoms with Crippen LogP contribution in [0.2, 0.25) is 0 Å². The highest BCUT2D eigenvalue weighted by atomic mass is 19.3. The van der Waals surface area contributed by atoms with E-state index in [-0.39, 0.29) is 43.0 Å². The Balaban J connectivity index is 1.56. The first kappa shape index (κ1) is 20.2.